The molecule has 2 amide bonds. The van der Waals surface area contributed by atoms with Crippen LogP contribution in [0.3, 0.4) is 0 Å². The second kappa shape index (κ2) is 9.43. The van der Waals surface area contributed by atoms with E-state index in [0.717, 1.165) is 5.69 Å². The van der Waals surface area contributed by atoms with Crippen molar-refractivity contribution in [2.75, 3.05) is 38.3 Å². The molecule has 0 saturated carbocycles. The van der Waals surface area contributed by atoms with Crippen molar-refractivity contribution < 1.29 is 14.3 Å². The third-order valence-electron chi connectivity index (χ3n) is 2.69. The molecule has 0 saturated heterocycles. The Hall–Kier alpha value is -1.51. The number of thiazole rings is 1. The number of nitrogens with zero attached hydrogens (tertiary/aromatic N) is 2. The van der Waals surface area contributed by atoms with E-state index in [0.29, 0.717) is 31.4 Å². The van der Waals surface area contributed by atoms with Gasteiger partial charge in [0.1, 0.15) is 0 Å². The standard InChI is InChI=1S/C13H22N4O3S/c1-4-17(10(2)18)13-16-11(9-21-13)7-14-8-12(19)15-5-6-20-3/h9,14H,4-8H2,1-3H3,(H,15,19). The van der Waals surface area contributed by atoms with E-state index in [1.807, 2.05) is 12.3 Å². The SMILES string of the molecule is CCN(C(C)=O)c1nc(CNCC(=O)NCCOC)cs1. The van der Waals surface area contributed by atoms with Crippen molar-refractivity contribution in [3.05, 3.63) is 11.1 Å². The van der Waals surface area contributed by atoms with Crippen LogP contribution >= 0.6 is 11.3 Å². The molecule has 1 heterocycles. The molecule has 8 heteroatoms. The summed E-state index contributed by atoms with van der Waals surface area (Å²) in [7, 11) is 1.59. The highest BCUT2D eigenvalue weighted by molar-refractivity contribution is 7.14. The number of nitrogens with one attached hydrogen (secondary N) is 2. The van der Waals surface area contributed by atoms with Gasteiger partial charge in [-0.05, 0) is 6.92 Å². The molecule has 0 bridgehead atoms. The number of rotatable bonds is 9. The zero-order valence-corrected chi connectivity index (χ0v) is 13.5. The van der Waals surface area contributed by atoms with Crippen LogP contribution in [0.25, 0.3) is 0 Å². The van der Waals surface area contributed by atoms with Crippen LogP contribution in [0.1, 0.15) is 19.5 Å². The van der Waals surface area contributed by atoms with Gasteiger partial charge in [0.15, 0.2) is 5.13 Å². The summed E-state index contributed by atoms with van der Waals surface area (Å²) in [5.41, 5.74) is 0.819. The molecular formula is C13H22N4O3S. The van der Waals surface area contributed by atoms with E-state index in [9.17, 15) is 9.59 Å². The lowest BCUT2D eigenvalue weighted by Gasteiger charge is -2.14. The highest BCUT2D eigenvalue weighted by atomic mass is 32.1. The zero-order valence-electron chi connectivity index (χ0n) is 12.6. The Balaban J connectivity index is 2.35. The van der Waals surface area contributed by atoms with Crippen LogP contribution in [0.2, 0.25) is 0 Å². The fourth-order valence-electron chi connectivity index (χ4n) is 1.65. The number of aromatic nitrogens is 1. The summed E-state index contributed by atoms with van der Waals surface area (Å²) in [6.45, 7) is 5.74. The number of ether oxygens (including phenoxy) is 1. The molecule has 1 rings (SSSR count). The zero-order chi connectivity index (χ0) is 15.7. The normalized spacial score (nSPS) is 10.4. The number of amides is 2. The summed E-state index contributed by atoms with van der Waals surface area (Å²) >= 11 is 1.42. The summed E-state index contributed by atoms with van der Waals surface area (Å²) in [4.78, 5) is 28.9. The van der Waals surface area contributed by atoms with Gasteiger partial charge >= 0.3 is 0 Å². The van der Waals surface area contributed by atoms with Crippen molar-refractivity contribution in [1.29, 1.82) is 0 Å². The molecule has 0 aliphatic heterocycles. The Kier molecular flexibility index (Phi) is 7.88. The number of anilines is 1. The first-order chi connectivity index (χ1) is 10.1. The molecule has 0 unspecified atom stereocenters. The maximum atomic E-state index is 11.5. The summed E-state index contributed by atoms with van der Waals surface area (Å²) < 4.78 is 4.85. The molecule has 0 radical (unpaired) electrons. The van der Waals surface area contributed by atoms with E-state index < -0.39 is 0 Å². The van der Waals surface area contributed by atoms with Gasteiger partial charge in [-0.2, -0.15) is 0 Å². The summed E-state index contributed by atoms with van der Waals surface area (Å²) in [5.74, 6) is -0.106. The first-order valence-corrected chi connectivity index (χ1v) is 7.65. The van der Waals surface area contributed by atoms with Crippen LogP contribution in [0.5, 0.6) is 0 Å². The molecule has 21 heavy (non-hydrogen) atoms. The van der Waals surface area contributed by atoms with Crippen LogP contribution in [0, 0.1) is 0 Å². The lowest BCUT2D eigenvalue weighted by atomic mass is 10.4. The van der Waals surface area contributed by atoms with Gasteiger partial charge in [-0.25, -0.2) is 4.98 Å². The predicted octanol–water partition coefficient (Wildman–Crippen LogP) is 0.368. The Bertz CT molecular complexity index is 464. The molecule has 0 atom stereocenters. The molecular weight excluding hydrogens is 292 g/mol. The third-order valence-corrected chi connectivity index (χ3v) is 3.60. The molecule has 0 fully saturated rings. The molecule has 1 aromatic rings. The fraction of sp³-hybridized carbons (Fsp3) is 0.615. The Morgan fingerprint density at radius 2 is 2.24 bits per heavy atom. The van der Waals surface area contributed by atoms with Crippen molar-refractivity contribution in [1.82, 2.24) is 15.6 Å². The molecule has 2 N–H and O–H groups in total. The van der Waals surface area contributed by atoms with Crippen LogP contribution in [0.4, 0.5) is 5.13 Å². The predicted molar refractivity (Wildman–Crippen MR) is 82.4 cm³/mol. The van der Waals surface area contributed by atoms with E-state index in [-0.39, 0.29) is 18.4 Å². The van der Waals surface area contributed by atoms with E-state index in [1.165, 1.54) is 18.3 Å². The van der Waals surface area contributed by atoms with Crippen LogP contribution in [-0.2, 0) is 20.9 Å². The maximum absolute atomic E-state index is 11.5. The number of methoxy groups -OCH3 is 1. The minimum Gasteiger partial charge on any atom is -0.383 e. The summed E-state index contributed by atoms with van der Waals surface area (Å²) in [5, 5.41) is 8.31. The van der Waals surface area contributed by atoms with Crippen molar-refractivity contribution in [3.63, 3.8) is 0 Å². The van der Waals surface area contributed by atoms with E-state index in [2.05, 4.69) is 15.6 Å². The largest absolute Gasteiger partial charge is 0.383 e. The summed E-state index contributed by atoms with van der Waals surface area (Å²) in [6.07, 6.45) is 0. The minimum atomic E-state index is -0.0820. The summed E-state index contributed by atoms with van der Waals surface area (Å²) in [6, 6.07) is 0. The third kappa shape index (κ3) is 6.19. The minimum absolute atomic E-state index is 0.0242. The van der Waals surface area contributed by atoms with E-state index in [4.69, 9.17) is 4.74 Å². The molecule has 0 aliphatic carbocycles. The molecule has 1 aromatic heterocycles. The van der Waals surface area contributed by atoms with Crippen molar-refractivity contribution in [2.24, 2.45) is 0 Å². The molecule has 0 aliphatic rings. The number of carbonyl (C=O) groups excluding carboxylic acids is 2. The Labute approximate surface area is 128 Å². The smallest absolute Gasteiger partial charge is 0.234 e. The van der Waals surface area contributed by atoms with Crippen molar-refractivity contribution >= 4 is 28.3 Å². The molecule has 7 nitrogen and oxygen atoms in total. The van der Waals surface area contributed by atoms with Gasteiger partial charge in [0.05, 0.1) is 18.8 Å². The average Bonchev–Trinajstić information content (AvgIpc) is 2.88. The highest BCUT2D eigenvalue weighted by Gasteiger charge is 2.13. The highest BCUT2D eigenvalue weighted by Crippen LogP contribution is 2.20. The van der Waals surface area contributed by atoms with Crippen molar-refractivity contribution in [3.8, 4) is 0 Å². The first-order valence-electron chi connectivity index (χ1n) is 6.77. The van der Waals surface area contributed by atoms with Gasteiger partial charge < -0.3 is 15.4 Å². The Morgan fingerprint density at radius 3 is 2.86 bits per heavy atom. The van der Waals surface area contributed by atoms with Gasteiger partial charge in [0.25, 0.3) is 0 Å². The first kappa shape index (κ1) is 17.5. The monoisotopic (exact) mass is 314 g/mol. The van der Waals surface area contributed by atoms with E-state index >= 15 is 0 Å². The molecule has 0 spiro atoms. The quantitative estimate of drug-likeness (QED) is 0.643. The van der Waals surface area contributed by atoms with Crippen LogP contribution in [-0.4, -0.2) is 50.1 Å². The topological polar surface area (TPSA) is 83.6 Å². The van der Waals surface area contributed by atoms with Crippen LogP contribution in [0.15, 0.2) is 5.38 Å². The average molecular weight is 314 g/mol. The molecule has 0 aromatic carbocycles. The fourth-order valence-corrected chi connectivity index (χ4v) is 2.59. The number of hydrogen-bond acceptors (Lipinski definition) is 6. The maximum Gasteiger partial charge on any atom is 0.234 e. The second-order valence-corrected chi connectivity index (χ2v) is 5.17. The van der Waals surface area contributed by atoms with Gasteiger partial charge in [0.2, 0.25) is 11.8 Å². The number of hydrogen-bond donors (Lipinski definition) is 2. The second-order valence-electron chi connectivity index (χ2n) is 4.33. The number of carbonyl (C=O) groups is 2. The Morgan fingerprint density at radius 1 is 1.48 bits per heavy atom. The lowest BCUT2D eigenvalue weighted by Crippen LogP contribution is -2.35. The lowest BCUT2D eigenvalue weighted by molar-refractivity contribution is -0.120. The van der Waals surface area contributed by atoms with Gasteiger partial charge in [0, 0.05) is 39.0 Å². The van der Waals surface area contributed by atoms with Crippen LogP contribution < -0.4 is 15.5 Å². The van der Waals surface area contributed by atoms with Gasteiger partial charge in [-0.1, -0.05) is 0 Å². The van der Waals surface area contributed by atoms with E-state index in [1.54, 1.807) is 12.0 Å². The van der Waals surface area contributed by atoms with Gasteiger partial charge in [-0.15, -0.1) is 11.3 Å². The molecule has 118 valence electrons. The van der Waals surface area contributed by atoms with Gasteiger partial charge in [-0.3, -0.25) is 14.5 Å². The van der Waals surface area contributed by atoms with Crippen molar-refractivity contribution in [2.45, 2.75) is 20.4 Å².